The average molecular weight is 472 g/mol. The van der Waals surface area contributed by atoms with Crippen LogP contribution in [-0.2, 0) is 4.79 Å². The standard InChI is InChI=1S/C27H22F2N4O2/c1-15-6-5-7-18(14-15)26(34)30-24-23(17-10-12-19(28)13-11-17)22-16(2)32-33(25(22)31-27(24)35)21-9-4-3-8-20(21)29/h3-14,23-24H,1-2H3,(H,30,34)(H,31,35)/t23-,24+/m0/s1. The molecule has 2 amide bonds. The fourth-order valence-corrected chi connectivity index (χ4v) is 4.53. The number of amides is 2. The van der Waals surface area contributed by atoms with Crippen LogP contribution < -0.4 is 10.6 Å². The number of halogens is 2. The van der Waals surface area contributed by atoms with Crippen molar-refractivity contribution in [3.63, 3.8) is 0 Å². The van der Waals surface area contributed by atoms with Gasteiger partial charge in [-0.2, -0.15) is 5.10 Å². The summed E-state index contributed by atoms with van der Waals surface area (Å²) in [6.45, 7) is 3.63. The van der Waals surface area contributed by atoms with Gasteiger partial charge in [0.15, 0.2) is 0 Å². The van der Waals surface area contributed by atoms with Gasteiger partial charge in [0.25, 0.3) is 5.91 Å². The molecule has 176 valence electrons. The molecule has 4 aromatic rings. The predicted octanol–water partition coefficient (Wildman–Crippen LogP) is 4.65. The van der Waals surface area contributed by atoms with E-state index in [1.807, 2.05) is 13.0 Å². The molecule has 0 unspecified atom stereocenters. The largest absolute Gasteiger partial charge is 0.339 e. The fraction of sp³-hybridized carbons (Fsp3) is 0.148. The number of hydrogen-bond acceptors (Lipinski definition) is 3. The van der Waals surface area contributed by atoms with E-state index in [2.05, 4.69) is 15.7 Å². The highest BCUT2D eigenvalue weighted by Gasteiger charge is 2.42. The van der Waals surface area contributed by atoms with Crippen LogP contribution in [0.15, 0.2) is 72.8 Å². The zero-order valence-corrected chi connectivity index (χ0v) is 19.0. The van der Waals surface area contributed by atoms with Crippen molar-refractivity contribution in [3.05, 3.63) is 112 Å². The number of fused-ring (bicyclic) bond motifs is 1. The predicted molar refractivity (Wildman–Crippen MR) is 128 cm³/mol. The number of nitrogens with zero attached hydrogens (tertiary/aromatic N) is 2. The molecule has 0 aliphatic carbocycles. The first-order chi connectivity index (χ1) is 16.8. The molecule has 1 aliphatic heterocycles. The van der Waals surface area contributed by atoms with Crippen LogP contribution in [0.2, 0.25) is 0 Å². The van der Waals surface area contributed by atoms with Gasteiger partial charge in [-0.25, -0.2) is 13.5 Å². The normalized spacial score (nSPS) is 17.0. The molecule has 8 heteroatoms. The minimum Gasteiger partial charge on any atom is -0.339 e. The van der Waals surface area contributed by atoms with Gasteiger partial charge in [0.2, 0.25) is 5.91 Å². The Hall–Kier alpha value is -4.33. The van der Waals surface area contributed by atoms with Crippen molar-refractivity contribution in [1.29, 1.82) is 0 Å². The SMILES string of the molecule is Cc1cccc(C(=O)N[C@H]2C(=O)Nc3c(c(C)nn3-c3ccccc3F)[C@@H]2c2ccc(F)cc2)c1. The minimum absolute atomic E-state index is 0.178. The van der Waals surface area contributed by atoms with E-state index in [-0.39, 0.29) is 5.69 Å². The summed E-state index contributed by atoms with van der Waals surface area (Å²) >= 11 is 0. The van der Waals surface area contributed by atoms with E-state index in [0.29, 0.717) is 28.2 Å². The lowest BCUT2D eigenvalue weighted by molar-refractivity contribution is -0.118. The molecular formula is C27H22F2N4O2. The Balaban J connectivity index is 1.63. The highest BCUT2D eigenvalue weighted by Crippen LogP contribution is 2.41. The van der Waals surface area contributed by atoms with Gasteiger partial charge >= 0.3 is 0 Å². The van der Waals surface area contributed by atoms with Gasteiger partial charge in [-0.1, -0.05) is 42.0 Å². The number of hydrogen-bond donors (Lipinski definition) is 2. The summed E-state index contributed by atoms with van der Waals surface area (Å²) in [4.78, 5) is 26.5. The van der Waals surface area contributed by atoms with Gasteiger partial charge in [0.1, 0.15) is 29.2 Å². The zero-order valence-electron chi connectivity index (χ0n) is 19.0. The molecule has 0 saturated carbocycles. The van der Waals surface area contributed by atoms with Gasteiger partial charge < -0.3 is 10.6 Å². The van der Waals surface area contributed by atoms with Gasteiger partial charge in [-0.3, -0.25) is 9.59 Å². The summed E-state index contributed by atoms with van der Waals surface area (Å²) in [6.07, 6.45) is 0. The second-order valence-corrected chi connectivity index (χ2v) is 8.55. The van der Waals surface area contributed by atoms with Crippen LogP contribution in [0, 0.1) is 25.5 Å². The van der Waals surface area contributed by atoms with Gasteiger partial charge in [0.05, 0.1) is 5.69 Å². The maximum Gasteiger partial charge on any atom is 0.251 e. The Morgan fingerprint density at radius 3 is 2.46 bits per heavy atom. The monoisotopic (exact) mass is 472 g/mol. The van der Waals surface area contributed by atoms with Crippen molar-refractivity contribution in [1.82, 2.24) is 15.1 Å². The molecule has 0 radical (unpaired) electrons. The van der Waals surface area contributed by atoms with Crippen molar-refractivity contribution in [2.75, 3.05) is 5.32 Å². The zero-order chi connectivity index (χ0) is 24.7. The molecule has 0 saturated heterocycles. The number of rotatable bonds is 4. The second-order valence-electron chi connectivity index (χ2n) is 8.55. The highest BCUT2D eigenvalue weighted by atomic mass is 19.1. The number of benzene rings is 3. The molecule has 3 aromatic carbocycles. The number of nitrogens with one attached hydrogen (secondary N) is 2. The molecule has 2 N–H and O–H groups in total. The van der Waals surface area contributed by atoms with E-state index < -0.39 is 35.4 Å². The molecule has 1 aromatic heterocycles. The molecule has 6 nitrogen and oxygen atoms in total. The maximum atomic E-state index is 14.6. The third-order valence-electron chi connectivity index (χ3n) is 6.15. The first kappa shape index (κ1) is 22.5. The Morgan fingerprint density at radius 2 is 1.74 bits per heavy atom. The van der Waals surface area contributed by atoms with Crippen molar-refractivity contribution in [2.45, 2.75) is 25.8 Å². The number of carbonyl (C=O) groups is 2. The summed E-state index contributed by atoms with van der Waals surface area (Å²) in [5.41, 5.74) is 3.29. The number of carbonyl (C=O) groups excluding carboxylic acids is 2. The molecule has 2 heterocycles. The molecule has 0 bridgehead atoms. The van der Waals surface area contributed by atoms with E-state index in [1.54, 1.807) is 55.5 Å². The van der Waals surface area contributed by atoms with Crippen LogP contribution in [0.3, 0.4) is 0 Å². The third-order valence-corrected chi connectivity index (χ3v) is 6.15. The topological polar surface area (TPSA) is 76.0 Å². The molecule has 5 rings (SSSR count). The summed E-state index contributed by atoms with van der Waals surface area (Å²) < 4.78 is 29.7. The van der Waals surface area contributed by atoms with Crippen LogP contribution in [0.4, 0.5) is 14.6 Å². The van der Waals surface area contributed by atoms with Crippen molar-refractivity contribution < 1.29 is 18.4 Å². The molecule has 2 atom stereocenters. The number of aryl methyl sites for hydroxylation is 2. The number of para-hydroxylation sites is 1. The van der Waals surface area contributed by atoms with E-state index in [1.165, 1.54) is 22.9 Å². The van der Waals surface area contributed by atoms with E-state index in [4.69, 9.17) is 0 Å². The lowest BCUT2D eigenvalue weighted by Gasteiger charge is -2.33. The Morgan fingerprint density at radius 1 is 1.00 bits per heavy atom. The van der Waals surface area contributed by atoms with E-state index >= 15 is 0 Å². The molecule has 0 fully saturated rings. The summed E-state index contributed by atoms with van der Waals surface area (Å²) in [5.74, 6) is -2.18. The minimum atomic E-state index is -1.00. The number of anilines is 1. The van der Waals surface area contributed by atoms with Gasteiger partial charge in [0, 0.05) is 17.0 Å². The van der Waals surface area contributed by atoms with Crippen LogP contribution in [0.5, 0.6) is 0 Å². The van der Waals surface area contributed by atoms with Gasteiger partial charge in [-0.15, -0.1) is 0 Å². The quantitative estimate of drug-likeness (QED) is 0.454. The third kappa shape index (κ3) is 4.07. The summed E-state index contributed by atoms with van der Waals surface area (Å²) in [7, 11) is 0. The second kappa shape index (κ2) is 8.79. The smallest absolute Gasteiger partial charge is 0.251 e. The molecule has 0 spiro atoms. The van der Waals surface area contributed by atoms with E-state index in [0.717, 1.165) is 5.56 Å². The molecular weight excluding hydrogens is 450 g/mol. The van der Waals surface area contributed by atoms with Crippen LogP contribution in [0.25, 0.3) is 5.69 Å². The Bertz CT molecular complexity index is 1450. The Kier molecular flexibility index (Phi) is 5.64. The lowest BCUT2D eigenvalue weighted by Crippen LogP contribution is -2.50. The van der Waals surface area contributed by atoms with Crippen molar-refractivity contribution in [2.24, 2.45) is 0 Å². The maximum absolute atomic E-state index is 14.6. The first-order valence-corrected chi connectivity index (χ1v) is 11.1. The van der Waals surface area contributed by atoms with E-state index in [9.17, 15) is 18.4 Å². The molecule has 35 heavy (non-hydrogen) atoms. The van der Waals surface area contributed by atoms with Crippen LogP contribution >= 0.6 is 0 Å². The lowest BCUT2D eigenvalue weighted by atomic mass is 9.82. The fourth-order valence-electron chi connectivity index (χ4n) is 4.53. The highest BCUT2D eigenvalue weighted by molar-refractivity contribution is 6.04. The summed E-state index contributed by atoms with van der Waals surface area (Å²) in [6, 6.07) is 17.9. The first-order valence-electron chi connectivity index (χ1n) is 11.1. The van der Waals surface area contributed by atoms with Crippen molar-refractivity contribution >= 4 is 17.6 Å². The van der Waals surface area contributed by atoms with Gasteiger partial charge in [-0.05, 0) is 55.8 Å². The average Bonchev–Trinajstić information content (AvgIpc) is 3.16. The van der Waals surface area contributed by atoms with Crippen LogP contribution in [0.1, 0.15) is 38.7 Å². The van der Waals surface area contributed by atoms with Crippen molar-refractivity contribution in [3.8, 4) is 5.69 Å². The molecule has 1 aliphatic rings. The summed E-state index contributed by atoms with van der Waals surface area (Å²) in [5, 5.41) is 10.2. The number of aromatic nitrogens is 2. The van der Waals surface area contributed by atoms with Crippen LogP contribution in [-0.4, -0.2) is 27.6 Å². The Labute approximate surface area is 200 Å².